The van der Waals surface area contributed by atoms with Crippen LogP contribution in [0.15, 0.2) is 18.2 Å². The molecular formula is C9H8F2O3. The molecule has 0 saturated carbocycles. The normalized spacial score (nSPS) is 10.1. The molecule has 0 heterocycles. The van der Waals surface area contributed by atoms with E-state index in [0.29, 0.717) is 0 Å². The molecule has 0 saturated heterocycles. The Morgan fingerprint density at radius 2 is 1.93 bits per heavy atom. The van der Waals surface area contributed by atoms with Gasteiger partial charge in [0.1, 0.15) is 18.2 Å². The predicted molar refractivity (Wildman–Crippen MR) is 43.6 cm³/mol. The summed E-state index contributed by atoms with van der Waals surface area (Å²) in [5.41, 5.74) is -0.256. The smallest absolute Gasteiger partial charge is 0.329 e. The average Bonchev–Trinajstić information content (AvgIpc) is 2.09. The molecule has 5 heteroatoms. The number of rotatable bonds is 4. The van der Waals surface area contributed by atoms with Crippen LogP contribution in [0, 0.1) is 11.6 Å². The predicted octanol–water partition coefficient (Wildman–Crippen LogP) is 1.57. The Morgan fingerprint density at radius 1 is 1.36 bits per heavy atom. The summed E-state index contributed by atoms with van der Waals surface area (Å²) in [6.45, 7) is -0.960. The molecule has 14 heavy (non-hydrogen) atoms. The number of aliphatic carboxylic acids is 1. The van der Waals surface area contributed by atoms with Crippen LogP contribution in [0.5, 0.6) is 0 Å². The van der Waals surface area contributed by atoms with Crippen molar-refractivity contribution in [1.82, 2.24) is 0 Å². The first-order valence-electron chi connectivity index (χ1n) is 3.83. The lowest BCUT2D eigenvalue weighted by atomic mass is 10.2. The van der Waals surface area contributed by atoms with E-state index in [1.807, 2.05) is 0 Å². The number of ether oxygens (including phenoxy) is 1. The van der Waals surface area contributed by atoms with E-state index in [9.17, 15) is 13.6 Å². The first-order chi connectivity index (χ1) is 6.61. The minimum absolute atomic E-state index is 0.256. The highest BCUT2D eigenvalue weighted by molar-refractivity contribution is 5.67. The molecule has 76 valence electrons. The van der Waals surface area contributed by atoms with Gasteiger partial charge < -0.3 is 9.84 Å². The molecule has 0 amide bonds. The molecule has 0 fully saturated rings. The van der Waals surface area contributed by atoms with Crippen LogP contribution >= 0.6 is 0 Å². The van der Waals surface area contributed by atoms with E-state index in [1.54, 1.807) is 0 Å². The van der Waals surface area contributed by atoms with Crippen LogP contribution in [0.25, 0.3) is 0 Å². The summed E-state index contributed by atoms with van der Waals surface area (Å²) in [6, 6.07) is 3.40. The zero-order valence-corrected chi connectivity index (χ0v) is 7.17. The van der Waals surface area contributed by atoms with Gasteiger partial charge in [-0.25, -0.2) is 13.6 Å². The van der Waals surface area contributed by atoms with E-state index in [0.717, 1.165) is 12.1 Å². The maximum absolute atomic E-state index is 12.9. The number of carboxylic acids is 1. The fourth-order valence-electron chi connectivity index (χ4n) is 0.911. The summed E-state index contributed by atoms with van der Waals surface area (Å²) in [4.78, 5) is 10.0. The summed E-state index contributed by atoms with van der Waals surface area (Å²) in [5, 5.41) is 8.22. The van der Waals surface area contributed by atoms with Gasteiger partial charge in [-0.05, 0) is 12.1 Å². The summed E-state index contributed by atoms with van der Waals surface area (Å²) in [6.07, 6.45) is 0. The fraction of sp³-hybridized carbons (Fsp3) is 0.222. The van der Waals surface area contributed by atoms with Gasteiger partial charge >= 0.3 is 5.97 Å². The van der Waals surface area contributed by atoms with E-state index in [-0.39, 0.29) is 12.2 Å². The molecule has 0 radical (unpaired) electrons. The highest BCUT2D eigenvalue weighted by Crippen LogP contribution is 2.12. The molecule has 0 aromatic heterocycles. The molecule has 1 N–H and O–H groups in total. The first kappa shape index (κ1) is 10.6. The summed E-state index contributed by atoms with van der Waals surface area (Å²) in [5.74, 6) is -2.66. The zero-order valence-electron chi connectivity index (χ0n) is 7.17. The molecule has 1 aromatic rings. The average molecular weight is 202 g/mol. The van der Waals surface area contributed by atoms with Crippen molar-refractivity contribution >= 4 is 5.97 Å². The van der Waals surface area contributed by atoms with Crippen LogP contribution in [0.1, 0.15) is 5.56 Å². The topological polar surface area (TPSA) is 46.5 Å². The molecule has 0 aliphatic rings. The fourth-order valence-corrected chi connectivity index (χ4v) is 0.911. The van der Waals surface area contributed by atoms with Crippen molar-refractivity contribution in [3.05, 3.63) is 35.4 Å². The van der Waals surface area contributed by atoms with Gasteiger partial charge in [-0.3, -0.25) is 0 Å². The van der Waals surface area contributed by atoms with Crippen molar-refractivity contribution in [3.63, 3.8) is 0 Å². The van der Waals surface area contributed by atoms with Gasteiger partial charge in [0.05, 0.1) is 6.61 Å². The second kappa shape index (κ2) is 4.66. The molecule has 3 nitrogen and oxygen atoms in total. The number of hydrogen-bond acceptors (Lipinski definition) is 2. The van der Waals surface area contributed by atoms with Crippen molar-refractivity contribution in [2.75, 3.05) is 6.61 Å². The quantitative estimate of drug-likeness (QED) is 0.805. The standard InChI is InChI=1S/C9H8F2O3/c10-7-2-1-3-8(11)6(7)4-14-5-9(12)13/h1-3H,4-5H2,(H,12,13). The third-order valence-electron chi connectivity index (χ3n) is 1.53. The maximum Gasteiger partial charge on any atom is 0.329 e. The van der Waals surface area contributed by atoms with Crippen LogP contribution < -0.4 is 0 Å². The Hall–Kier alpha value is -1.49. The Morgan fingerprint density at radius 3 is 2.43 bits per heavy atom. The molecule has 0 bridgehead atoms. The van der Waals surface area contributed by atoms with Gasteiger partial charge in [-0.1, -0.05) is 6.07 Å². The van der Waals surface area contributed by atoms with E-state index in [4.69, 9.17) is 5.11 Å². The molecule has 0 aliphatic carbocycles. The van der Waals surface area contributed by atoms with Gasteiger partial charge in [0.2, 0.25) is 0 Å². The monoisotopic (exact) mass is 202 g/mol. The van der Waals surface area contributed by atoms with Gasteiger partial charge in [0.15, 0.2) is 0 Å². The minimum Gasteiger partial charge on any atom is -0.480 e. The van der Waals surface area contributed by atoms with Crippen LogP contribution in [0.2, 0.25) is 0 Å². The maximum atomic E-state index is 12.9. The lowest BCUT2D eigenvalue weighted by Crippen LogP contribution is -2.08. The lowest BCUT2D eigenvalue weighted by Gasteiger charge is -2.04. The van der Waals surface area contributed by atoms with Gasteiger partial charge in [-0.2, -0.15) is 0 Å². The lowest BCUT2D eigenvalue weighted by molar-refractivity contribution is -0.142. The summed E-state index contributed by atoms with van der Waals surface area (Å²) < 4.78 is 30.4. The number of carbonyl (C=O) groups is 1. The Bertz CT molecular complexity index is 319. The van der Waals surface area contributed by atoms with Crippen molar-refractivity contribution in [2.24, 2.45) is 0 Å². The van der Waals surface area contributed by atoms with Gasteiger partial charge in [-0.15, -0.1) is 0 Å². The van der Waals surface area contributed by atoms with E-state index in [1.165, 1.54) is 6.07 Å². The molecular weight excluding hydrogens is 194 g/mol. The second-order valence-electron chi connectivity index (χ2n) is 2.59. The minimum atomic E-state index is -1.18. The second-order valence-corrected chi connectivity index (χ2v) is 2.59. The number of hydrogen-bond donors (Lipinski definition) is 1. The molecule has 0 atom stereocenters. The Balaban J connectivity index is 2.62. The molecule has 1 rings (SSSR count). The third kappa shape index (κ3) is 2.77. The highest BCUT2D eigenvalue weighted by atomic mass is 19.1. The third-order valence-corrected chi connectivity index (χ3v) is 1.53. The molecule has 0 unspecified atom stereocenters. The summed E-state index contributed by atoms with van der Waals surface area (Å²) in [7, 11) is 0. The Labute approximate surface area is 78.9 Å². The zero-order chi connectivity index (χ0) is 10.6. The van der Waals surface area contributed by atoms with Crippen molar-refractivity contribution in [2.45, 2.75) is 6.61 Å². The number of halogens is 2. The van der Waals surface area contributed by atoms with Crippen LogP contribution in [0.4, 0.5) is 8.78 Å². The molecule has 0 aliphatic heterocycles. The van der Waals surface area contributed by atoms with Crippen molar-refractivity contribution in [1.29, 1.82) is 0 Å². The van der Waals surface area contributed by atoms with E-state index < -0.39 is 24.2 Å². The number of carboxylic acid groups (broad SMARTS) is 1. The Kier molecular flexibility index (Phi) is 3.53. The largest absolute Gasteiger partial charge is 0.480 e. The highest BCUT2D eigenvalue weighted by Gasteiger charge is 2.08. The van der Waals surface area contributed by atoms with Gasteiger partial charge in [0, 0.05) is 5.56 Å². The van der Waals surface area contributed by atoms with Crippen LogP contribution in [-0.2, 0) is 16.1 Å². The molecule has 0 spiro atoms. The molecule has 1 aromatic carbocycles. The summed E-state index contributed by atoms with van der Waals surface area (Å²) >= 11 is 0. The van der Waals surface area contributed by atoms with Crippen LogP contribution in [0.3, 0.4) is 0 Å². The van der Waals surface area contributed by atoms with E-state index in [2.05, 4.69) is 4.74 Å². The van der Waals surface area contributed by atoms with E-state index >= 15 is 0 Å². The van der Waals surface area contributed by atoms with Crippen molar-refractivity contribution in [3.8, 4) is 0 Å². The SMILES string of the molecule is O=C(O)COCc1c(F)cccc1F. The number of benzene rings is 1. The van der Waals surface area contributed by atoms with Gasteiger partial charge in [0.25, 0.3) is 0 Å². The van der Waals surface area contributed by atoms with Crippen LogP contribution in [-0.4, -0.2) is 17.7 Å². The first-order valence-corrected chi connectivity index (χ1v) is 3.83. The van der Waals surface area contributed by atoms with Crippen molar-refractivity contribution < 1.29 is 23.4 Å².